The van der Waals surface area contributed by atoms with Crippen LogP contribution in [0.4, 0.5) is 5.82 Å². The van der Waals surface area contributed by atoms with E-state index < -0.39 is 4.92 Å². The molecule has 116 valence electrons. The highest BCUT2D eigenvalue weighted by molar-refractivity contribution is 5.65. The minimum Gasteiger partial charge on any atom is -0.487 e. The average molecular weight is 307 g/mol. The van der Waals surface area contributed by atoms with Crippen LogP contribution in [0.5, 0.6) is 5.75 Å². The molecule has 0 spiro atoms. The molecule has 2 aromatic rings. The number of hydrogen-bond acceptors (Lipinski definition) is 8. The minimum atomic E-state index is -0.539. The molecule has 0 aliphatic carbocycles. The van der Waals surface area contributed by atoms with Gasteiger partial charge in [-0.25, -0.2) is 19.5 Å². The van der Waals surface area contributed by atoms with Gasteiger partial charge in [-0.3, -0.25) is 4.79 Å². The second-order valence-electron chi connectivity index (χ2n) is 4.19. The Kier molecular flexibility index (Phi) is 4.61. The highest BCUT2D eigenvalue weighted by Gasteiger charge is 2.19. The molecule has 0 aliphatic rings. The summed E-state index contributed by atoms with van der Waals surface area (Å²) >= 11 is 0. The molecular weight excluding hydrogens is 294 g/mol. The smallest absolute Gasteiger partial charge is 0.343 e. The number of rotatable bonds is 6. The molecule has 0 saturated carbocycles. The molecule has 0 unspecified atom stereocenters. The predicted molar refractivity (Wildman–Crippen MR) is 73.0 cm³/mol. The molecule has 0 saturated heterocycles. The van der Waals surface area contributed by atoms with Crippen molar-refractivity contribution in [3.05, 3.63) is 28.7 Å². The van der Waals surface area contributed by atoms with Gasteiger partial charge < -0.3 is 19.6 Å². The van der Waals surface area contributed by atoms with Crippen LogP contribution in [0, 0.1) is 10.1 Å². The Balaban J connectivity index is 2.03. The molecule has 0 aliphatic heterocycles. The standard InChI is InChI=1S/C12H13N5O5/c1-8(18)21-3-4-22-9-5-13-11(14-6-9)12-15-7-10(16(12)2)17(19)20/h5-7H,3-4H2,1-2H3. The van der Waals surface area contributed by atoms with Crippen molar-refractivity contribution in [2.24, 2.45) is 7.05 Å². The summed E-state index contributed by atoms with van der Waals surface area (Å²) in [6.07, 6.45) is 3.97. The maximum atomic E-state index is 10.8. The summed E-state index contributed by atoms with van der Waals surface area (Å²) in [6, 6.07) is 0. The van der Waals surface area contributed by atoms with Crippen molar-refractivity contribution < 1.29 is 19.2 Å². The van der Waals surface area contributed by atoms with Crippen LogP contribution in [0.3, 0.4) is 0 Å². The van der Waals surface area contributed by atoms with Crippen molar-refractivity contribution in [2.75, 3.05) is 13.2 Å². The van der Waals surface area contributed by atoms with Crippen molar-refractivity contribution in [2.45, 2.75) is 6.92 Å². The Bertz CT molecular complexity index is 682. The first-order chi connectivity index (χ1) is 10.5. The Morgan fingerprint density at radius 2 is 1.95 bits per heavy atom. The fourth-order valence-corrected chi connectivity index (χ4v) is 1.63. The second kappa shape index (κ2) is 6.61. The van der Waals surface area contributed by atoms with Gasteiger partial charge in [0.25, 0.3) is 5.82 Å². The summed E-state index contributed by atoms with van der Waals surface area (Å²) < 4.78 is 11.3. The molecule has 2 heterocycles. The summed E-state index contributed by atoms with van der Waals surface area (Å²) in [4.78, 5) is 32.8. The zero-order valence-corrected chi connectivity index (χ0v) is 11.9. The van der Waals surface area contributed by atoms with Gasteiger partial charge in [0.1, 0.15) is 19.4 Å². The number of carbonyl (C=O) groups is 1. The van der Waals surface area contributed by atoms with Crippen LogP contribution in [0.15, 0.2) is 18.6 Å². The Hall–Kier alpha value is -3.04. The molecule has 0 N–H and O–H groups in total. The van der Waals surface area contributed by atoms with Gasteiger partial charge in [-0.05, 0) is 4.92 Å². The largest absolute Gasteiger partial charge is 0.487 e. The van der Waals surface area contributed by atoms with Gasteiger partial charge in [0.15, 0.2) is 5.75 Å². The number of esters is 1. The Morgan fingerprint density at radius 1 is 1.27 bits per heavy atom. The van der Waals surface area contributed by atoms with E-state index in [1.165, 1.54) is 30.9 Å². The molecule has 0 aromatic carbocycles. The van der Waals surface area contributed by atoms with E-state index in [0.717, 1.165) is 6.20 Å². The topological polar surface area (TPSA) is 122 Å². The first-order valence-corrected chi connectivity index (χ1v) is 6.23. The zero-order chi connectivity index (χ0) is 16.1. The van der Waals surface area contributed by atoms with Gasteiger partial charge >= 0.3 is 11.8 Å². The van der Waals surface area contributed by atoms with E-state index in [2.05, 4.69) is 15.0 Å². The van der Waals surface area contributed by atoms with Crippen LogP contribution in [-0.2, 0) is 16.6 Å². The van der Waals surface area contributed by atoms with Gasteiger partial charge in [-0.15, -0.1) is 0 Å². The summed E-state index contributed by atoms with van der Waals surface area (Å²) in [5.74, 6) is 0.368. The molecule has 0 amide bonds. The summed E-state index contributed by atoms with van der Waals surface area (Å²) in [5, 5.41) is 10.8. The van der Waals surface area contributed by atoms with E-state index >= 15 is 0 Å². The molecule has 0 atom stereocenters. The zero-order valence-electron chi connectivity index (χ0n) is 11.9. The lowest BCUT2D eigenvalue weighted by Crippen LogP contribution is -2.10. The lowest BCUT2D eigenvalue weighted by molar-refractivity contribution is -0.391. The third kappa shape index (κ3) is 3.53. The molecule has 0 bridgehead atoms. The molecule has 2 aromatic heterocycles. The average Bonchev–Trinajstić information content (AvgIpc) is 2.86. The van der Waals surface area contributed by atoms with Crippen molar-refractivity contribution in [3.8, 4) is 17.4 Å². The number of carbonyl (C=O) groups excluding carboxylic acids is 1. The summed E-state index contributed by atoms with van der Waals surface area (Å²) in [6.45, 7) is 1.61. The van der Waals surface area contributed by atoms with Crippen molar-refractivity contribution in [1.29, 1.82) is 0 Å². The summed E-state index contributed by atoms with van der Waals surface area (Å²) in [5.41, 5.74) is 0. The van der Waals surface area contributed by atoms with Crippen LogP contribution < -0.4 is 4.74 Å². The Morgan fingerprint density at radius 3 is 2.50 bits per heavy atom. The van der Waals surface area contributed by atoms with Crippen LogP contribution in [0.1, 0.15) is 6.92 Å². The van der Waals surface area contributed by atoms with E-state index in [0.29, 0.717) is 5.75 Å². The maximum Gasteiger partial charge on any atom is 0.343 e. The fraction of sp³-hybridized carbons (Fsp3) is 0.333. The fourth-order valence-electron chi connectivity index (χ4n) is 1.63. The second-order valence-corrected chi connectivity index (χ2v) is 4.19. The molecule has 10 heteroatoms. The van der Waals surface area contributed by atoms with Crippen LogP contribution >= 0.6 is 0 Å². The predicted octanol–water partition coefficient (Wildman–Crippen LogP) is 0.727. The molecule has 10 nitrogen and oxygen atoms in total. The number of ether oxygens (including phenoxy) is 2. The number of nitro groups is 1. The first kappa shape index (κ1) is 15.4. The molecular formula is C12H13N5O5. The molecule has 0 fully saturated rings. The number of nitrogens with zero attached hydrogens (tertiary/aromatic N) is 5. The highest BCUT2D eigenvalue weighted by Crippen LogP contribution is 2.20. The number of hydrogen-bond donors (Lipinski definition) is 0. The Labute approximate surface area is 124 Å². The molecule has 0 radical (unpaired) electrons. The van der Waals surface area contributed by atoms with Crippen molar-refractivity contribution >= 4 is 11.8 Å². The number of imidazole rings is 1. The van der Waals surface area contributed by atoms with Gasteiger partial charge in [0.05, 0.1) is 19.4 Å². The minimum absolute atomic E-state index is 0.128. The van der Waals surface area contributed by atoms with E-state index in [9.17, 15) is 14.9 Å². The van der Waals surface area contributed by atoms with E-state index in [1.54, 1.807) is 0 Å². The van der Waals surface area contributed by atoms with Crippen LogP contribution in [0.25, 0.3) is 11.6 Å². The SMILES string of the molecule is CC(=O)OCCOc1cnc(-c2ncc([N+](=O)[O-])n2C)nc1. The van der Waals surface area contributed by atoms with Gasteiger partial charge in [-0.2, -0.15) is 0 Å². The van der Waals surface area contributed by atoms with Crippen LogP contribution in [-0.4, -0.2) is 43.6 Å². The normalized spacial score (nSPS) is 10.3. The van der Waals surface area contributed by atoms with Gasteiger partial charge in [0, 0.05) is 6.92 Å². The van der Waals surface area contributed by atoms with E-state index in [4.69, 9.17) is 9.47 Å². The lowest BCUT2D eigenvalue weighted by atomic mass is 10.5. The van der Waals surface area contributed by atoms with Crippen molar-refractivity contribution in [3.63, 3.8) is 0 Å². The first-order valence-electron chi connectivity index (χ1n) is 6.23. The van der Waals surface area contributed by atoms with Gasteiger partial charge in [0.2, 0.25) is 5.82 Å². The number of aromatic nitrogens is 4. The van der Waals surface area contributed by atoms with E-state index in [1.807, 2.05) is 0 Å². The monoisotopic (exact) mass is 307 g/mol. The quantitative estimate of drug-likeness (QED) is 0.331. The van der Waals surface area contributed by atoms with E-state index in [-0.39, 0.29) is 36.6 Å². The molecule has 2 rings (SSSR count). The van der Waals surface area contributed by atoms with Gasteiger partial charge in [-0.1, -0.05) is 0 Å². The lowest BCUT2D eigenvalue weighted by Gasteiger charge is -2.05. The highest BCUT2D eigenvalue weighted by atomic mass is 16.6. The summed E-state index contributed by atoms with van der Waals surface area (Å²) in [7, 11) is 1.51. The third-order valence-corrected chi connectivity index (χ3v) is 2.64. The molecule has 22 heavy (non-hydrogen) atoms. The van der Waals surface area contributed by atoms with Crippen molar-refractivity contribution in [1.82, 2.24) is 19.5 Å². The van der Waals surface area contributed by atoms with Crippen LogP contribution in [0.2, 0.25) is 0 Å². The third-order valence-electron chi connectivity index (χ3n) is 2.64. The maximum absolute atomic E-state index is 10.8.